The molecular weight excluding hydrogens is 861 g/mol. The van der Waals surface area contributed by atoms with Crippen LogP contribution in [0.25, 0.3) is 71.5 Å². The van der Waals surface area contributed by atoms with Gasteiger partial charge >= 0.3 is 14.8 Å². The zero-order valence-electron chi connectivity index (χ0n) is 34.6. The average Bonchev–Trinajstić information content (AvgIpc) is 3.81. The first-order valence-corrected chi connectivity index (χ1v) is 21.3. The first-order valence-electron chi connectivity index (χ1n) is 20.6. The van der Waals surface area contributed by atoms with Gasteiger partial charge in [0.1, 0.15) is 23.1 Å². The smallest absolute Gasteiger partial charge is 0.494 e. The number of benzene rings is 4. The molecule has 0 radical (unpaired) electrons. The molecule has 0 bridgehead atoms. The number of rotatable bonds is 14. The van der Waals surface area contributed by atoms with Crippen molar-refractivity contribution in [3.05, 3.63) is 146 Å². The number of nitrogens with zero attached hydrogens (tertiary/aromatic N) is 8. The van der Waals surface area contributed by atoms with E-state index in [1.165, 1.54) is 18.8 Å². The van der Waals surface area contributed by atoms with E-state index in [-0.39, 0.29) is 50.2 Å². The molecule has 0 saturated heterocycles. The number of aromatic nitrogens is 6. The number of hydrogen-bond donors (Lipinski definition) is 0. The highest BCUT2D eigenvalue weighted by Crippen LogP contribution is 2.37. The summed E-state index contributed by atoms with van der Waals surface area (Å²) in [4.78, 5) is 22.0. The second-order valence-electron chi connectivity index (χ2n) is 15.2. The van der Waals surface area contributed by atoms with E-state index in [1.807, 2.05) is 6.92 Å². The average molecular weight is 897 g/mol. The highest BCUT2D eigenvalue weighted by molar-refractivity contribution is 6.45. The van der Waals surface area contributed by atoms with E-state index in [0.717, 1.165) is 37.7 Å². The predicted octanol–water partition coefficient (Wildman–Crippen LogP) is 11.4. The summed E-state index contributed by atoms with van der Waals surface area (Å²) in [5.74, 6) is 0.477. The van der Waals surface area contributed by atoms with Crippen LogP contribution in [0.4, 0.5) is 17.3 Å². The number of ether oxygens (including phenoxy) is 1. The van der Waals surface area contributed by atoms with Crippen molar-refractivity contribution in [1.82, 2.24) is 28.9 Å². The summed E-state index contributed by atoms with van der Waals surface area (Å²) in [5, 5.41) is 10.7. The number of nitriles is 1. The van der Waals surface area contributed by atoms with Gasteiger partial charge in [0.05, 0.1) is 57.8 Å². The maximum absolute atomic E-state index is 16.3. The second-order valence-corrected chi connectivity index (χ2v) is 16.0. The Balaban J connectivity index is 1.53. The Kier molecular flexibility index (Phi) is 13.0. The van der Waals surface area contributed by atoms with Crippen LogP contribution in [0.15, 0.2) is 97.3 Å². The van der Waals surface area contributed by atoms with Gasteiger partial charge in [0.25, 0.3) is 0 Å². The van der Waals surface area contributed by atoms with E-state index in [9.17, 15) is 5.26 Å². The van der Waals surface area contributed by atoms with E-state index in [1.54, 1.807) is 84.9 Å². The molecule has 318 valence electrons. The molecule has 64 heavy (non-hydrogen) atoms. The Morgan fingerprint density at radius 1 is 0.703 bits per heavy atom. The van der Waals surface area contributed by atoms with Crippen molar-refractivity contribution < 1.29 is 22.0 Å². The largest absolute Gasteiger partial charge is 0.678 e. The van der Waals surface area contributed by atoms with Gasteiger partial charge in [0.15, 0.2) is 0 Å². The molecule has 9 nitrogen and oxygen atoms in total. The van der Waals surface area contributed by atoms with Crippen molar-refractivity contribution in [3.63, 3.8) is 0 Å². The van der Waals surface area contributed by atoms with Crippen molar-refractivity contribution in [2.75, 3.05) is 6.61 Å². The molecular formula is C47H36B2Cl2F4N8O. The summed E-state index contributed by atoms with van der Waals surface area (Å²) in [7, 11) is -6.69. The maximum atomic E-state index is 16.3. The Bertz CT molecular complexity index is 3170. The molecule has 0 unspecified atom stereocenters. The van der Waals surface area contributed by atoms with Gasteiger partial charge in [0.2, 0.25) is 5.70 Å². The van der Waals surface area contributed by atoms with Gasteiger partial charge in [-0.25, -0.2) is 9.83 Å². The summed E-state index contributed by atoms with van der Waals surface area (Å²) in [6, 6.07) is 24.5. The fraction of sp³-hybridized carbons (Fsp3) is 0.191. The number of halogens is 6. The minimum absolute atomic E-state index is 0.0964. The van der Waals surface area contributed by atoms with Crippen molar-refractivity contribution in [2.45, 2.75) is 52.4 Å². The molecule has 8 aromatic rings. The van der Waals surface area contributed by atoms with Crippen molar-refractivity contribution >= 4 is 82.1 Å². The Labute approximate surface area is 376 Å². The molecule has 0 aliphatic rings. The Hall–Kier alpha value is -6.67. The zero-order chi connectivity index (χ0) is 45.1. The molecule has 0 spiro atoms. The van der Waals surface area contributed by atoms with Gasteiger partial charge in [-0.1, -0.05) is 92.1 Å². The van der Waals surface area contributed by atoms with Crippen LogP contribution in [0, 0.1) is 24.8 Å². The minimum Gasteiger partial charge on any atom is -0.494 e. The second kappa shape index (κ2) is 19.0. The first-order chi connectivity index (χ1) is 31.0. The van der Waals surface area contributed by atoms with Crippen molar-refractivity contribution in [2.24, 2.45) is 0 Å². The SMILES string of the molecule is [C-]#[N+]/C(c1cnc2cc(Cl)ccc2n1)=c1\c2c(-c3ccc(C)cc3)n(B(F)F)/c(=C(/C#N)c3cnc4cc(Cl)ccc4n3)c2c(-c2ccc(OCCCCCCCC)cc2)n1B(F)F. The summed E-state index contributed by atoms with van der Waals surface area (Å²) in [5.41, 5.74) is 1.14. The Morgan fingerprint density at radius 2 is 1.22 bits per heavy atom. The lowest BCUT2D eigenvalue weighted by Gasteiger charge is -2.14. The third-order valence-corrected chi connectivity index (χ3v) is 11.4. The lowest BCUT2D eigenvalue weighted by atomic mass is 10.0. The quantitative estimate of drug-likeness (QED) is 0.0467. The molecule has 0 N–H and O–H groups in total. The molecule has 17 heteroatoms. The molecule has 0 fully saturated rings. The lowest BCUT2D eigenvalue weighted by molar-refractivity contribution is 0.304. The predicted molar refractivity (Wildman–Crippen MR) is 247 cm³/mol. The van der Waals surface area contributed by atoms with E-state index in [4.69, 9.17) is 34.5 Å². The summed E-state index contributed by atoms with van der Waals surface area (Å²) < 4.78 is 72.4. The zero-order valence-corrected chi connectivity index (χ0v) is 36.1. The standard InChI is InChI=1S/C47H36B2Cl2F4N8O/c1-4-5-6-7-8-9-22-64-33-18-14-30(15-19-33)44-41-42(47(63(44)49(54)55)43(57-3)40-27-59-38-24-32(51)17-21-36(38)61-40)45(29-12-10-28(2)11-13-29)62(48(52)53)46(41)34(25-56)39-26-58-37-23-31(50)16-20-35(37)60-39/h10-21,23-24,26-27H,4-9,22H2,1-2H3/b46-34-,47-43+. The van der Waals surface area contributed by atoms with Crippen LogP contribution in [0.2, 0.25) is 10.0 Å². The lowest BCUT2D eigenvalue weighted by Crippen LogP contribution is -2.32. The van der Waals surface area contributed by atoms with Crippen LogP contribution in [0.1, 0.15) is 62.4 Å². The summed E-state index contributed by atoms with van der Waals surface area (Å²) in [6.45, 7) is 13.0. The van der Waals surface area contributed by atoms with Gasteiger partial charge in [-0.3, -0.25) is 32.2 Å². The van der Waals surface area contributed by atoms with E-state index >= 15 is 17.3 Å². The van der Waals surface area contributed by atoms with Crippen molar-refractivity contribution in [1.29, 1.82) is 5.26 Å². The third kappa shape index (κ3) is 8.54. The van der Waals surface area contributed by atoms with Crippen LogP contribution in [-0.4, -0.2) is 50.3 Å². The third-order valence-electron chi connectivity index (χ3n) is 11.0. The topological polar surface area (TPSA) is 98.8 Å². The van der Waals surface area contributed by atoms with Crippen LogP contribution < -0.4 is 15.4 Å². The highest BCUT2D eigenvalue weighted by atomic mass is 35.5. The molecule has 0 saturated carbocycles. The molecule has 4 aromatic carbocycles. The molecule has 4 heterocycles. The van der Waals surface area contributed by atoms with Crippen molar-refractivity contribution in [3.8, 4) is 34.3 Å². The number of aryl methyl sites for hydroxylation is 1. The molecule has 0 amide bonds. The molecule has 0 aliphatic heterocycles. The molecule has 4 aromatic heterocycles. The fourth-order valence-electron chi connectivity index (χ4n) is 8.00. The first kappa shape index (κ1) is 44.0. The van der Waals surface area contributed by atoms with Crippen LogP contribution in [-0.2, 0) is 0 Å². The number of fused-ring (bicyclic) bond motifs is 3. The summed E-state index contributed by atoms with van der Waals surface area (Å²) in [6.07, 6.45) is 8.89. The van der Waals surface area contributed by atoms with E-state index in [0.29, 0.717) is 53.4 Å². The molecule has 0 aliphatic carbocycles. The maximum Gasteiger partial charge on any atom is 0.678 e. The molecule has 0 atom stereocenters. The minimum atomic E-state index is -3.35. The van der Waals surface area contributed by atoms with Crippen LogP contribution >= 0.6 is 23.2 Å². The molecule has 8 rings (SSSR count). The van der Waals surface area contributed by atoms with Gasteiger partial charge in [-0.05, 0) is 85.1 Å². The van der Waals surface area contributed by atoms with E-state index in [2.05, 4.69) is 37.8 Å². The van der Waals surface area contributed by atoms with Gasteiger partial charge in [-0.2, -0.15) is 5.26 Å². The van der Waals surface area contributed by atoms with Crippen LogP contribution in [0.3, 0.4) is 0 Å². The monoisotopic (exact) mass is 896 g/mol. The normalized spacial score (nSPS) is 12.3. The number of hydrogen-bond acceptors (Lipinski definition) is 6. The fourth-order valence-corrected chi connectivity index (χ4v) is 8.33. The number of unbranched alkanes of at least 4 members (excludes halogenated alkanes) is 5. The van der Waals surface area contributed by atoms with Gasteiger partial charge in [-0.15, -0.1) is 0 Å². The Morgan fingerprint density at radius 3 is 1.78 bits per heavy atom. The van der Waals surface area contributed by atoms with E-state index < -0.39 is 31.2 Å². The van der Waals surface area contributed by atoms with Gasteiger partial charge < -0.3 is 13.7 Å². The van der Waals surface area contributed by atoms with Gasteiger partial charge in [0, 0.05) is 38.4 Å². The summed E-state index contributed by atoms with van der Waals surface area (Å²) >= 11 is 12.4. The highest BCUT2D eigenvalue weighted by Gasteiger charge is 2.36. The van der Waals surface area contributed by atoms with Crippen LogP contribution in [0.5, 0.6) is 5.75 Å².